The molecule has 2 aromatic rings. The van der Waals surface area contributed by atoms with E-state index in [0.717, 1.165) is 11.9 Å². The zero-order valence-electron chi connectivity index (χ0n) is 13.3. The van der Waals surface area contributed by atoms with E-state index in [0.29, 0.717) is 12.0 Å². The van der Waals surface area contributed by atoms with E-state index in [2.05, 4.69) is 36.4 Å². The maximum Gasteiger partial charge on any atom is 0.123 e. The second-order valence-electron chi connectivity index (χ2n) is 6.67. The first-order valence-electron chi connectivity index (χ1n) is 8.05. The van der Waals surface area contributed by atoms with Gasteiger partial charge in [0.25, 0.3) is 0 Å². The van der Waals surface area contributed by atoms with Gasteiger partial charge in [-0.2, -0.15) is 0 Å². The molecule has 0 amide bonds. The van der Waals surface area contributed by atoms with Gasteiger partial charge < -0.3 is 9.47 Å². The Balaban J connectivity index is 2.00. The topological polar surface area (TPSA) is 8.17 Å². The number of rotatable bonds is 3. The first-order chi connectivity index (χ1) is 10.1. The van der Waals surface area contributed by atoms with Crippen LogP contribution in [0.25, 0.3) is 10.9 Å². The van der Waals surface area contributed by atoms with Crippen LogP contribution < -0.4 is 0 Å². The Morgan fingerprint density at radius 1 is 1.24 bits per heavy atom. The number of aromatic nitrogens is 1. The number of nitrogens with zero attached hydrogens (tertiary/aromatic N) is 2. The lowest BCUT2D eigenvalue weighted by molar-refractivity contribution is 0.167. The summed E-state index contributed by atoms with van der Waals surface area (Å²) in [5.41, 5.74) is 2.48. The molecule has 114 valence electrons. The molecule has 3 heteroatoms. The van der Waals surface area contributed by atoms with Crippen molar-refractivity contribution in [2.45, 2.75) is 51.6 Å². The number of fused-ring (bicyclic) bond motifs is 1. The van der Waals surface area contributed by atoms with Crippen LogP contribution in [0.5, 0.6) is 0 Å². The average Bonchev–Trinajstić information content (AvgIpc) is 2.79. The molecule has 1 saturated heterocycles. The van der Waals surface area contributed by atoms with Crippen LogP contribution in [-0.2, 0) is 6.54 Å². The van der Waals surface area contributed by atoms with Crippen molar-refractivity contribution >= 4 is 10.9 Å². The van der Waals surface area contributed by atoms with Gasteiger partial charge in [0, 0.05) is 29.2 Å². The molecule has 0 N–H and O–H groups in total. The molecule has 1 atom stereocenters. The zero-order chi connectivity index (χ0) is 15.0. The summed E-state index contributed by atoms with van der Waals surface area (Å²) in [7, 11) is 2.23. The first kappa shape index (κ1) is 14.6. The molecule has 0 radical (unpaired) electrons. The average molecular weight is 288 g/mol. The van der Waals surface area contributed by atoms with Crippen molar-refractivity contribution in [3.63, 3.8) is 0 Å². The van der Waals surface area contributed by atoms with Crippen molar-refractivity contribution in [1.29, 1.82) is 0 Å². The van der Waals surface area contributed by atoms with Crippen molar-refractivity contribution in [3.8, 4) is 0 Å². The molecule has 0 saturated carbocycles. The fraction of sp³-hybridized carbons (Fsp3) is 0.556. The third kappa shape index (κ3) is 2.84. The lowest BCUT2D eigenvalue weighted by Crippen LogP contribution is -2.39. The number of halogens is 1. The molecule has 1 aromatic heterocycles. The van der Waals surface area contributed by atoms with Gasteiger partial charge in [-0.15, -0.1) is 0 Å². The molecule has 0 spiro atoms. The molecule has 1 fully saturated rings. The zero-order valence-corrected chi connectivity index (χ0v) is 13.3. The minimum Gasteiger partial charge on any atom is -0.343 e. The lowest BCUT2D eigenvalue weighted by atomic mass is 10.0. The molecule has 1 aliphatic heterocycles. The van der Waals surface area contributed by atoms with Crippen molar-refractivity contribution in [3.05, 3.63) is 35.8 Å². The summed E-state index contributed by atoms with van der Waals surface area (Å²) in [6.45, 7) is 6.63. The molecule has 2 nitrogen and oxygen atoms in total. The number of likely N-dealkylation sites (N-methyl/N-ethyl adjacent to an activating group) is 1. The predicted octanol–water partition coefficient (Wildman–Crippen LogP) is 4.39. The summed E-state index contributed by atoms with van der Waals surface area (Å²) in [5, 5.41) is 1.03. The lowest BCUT2D eigenvalue weighted by Gasteiger charge is -2.33. The second-order valence-corrected chi connectivity index (χ2v) is 6.67. The van der Waals surface area contributed by atoms with Crippen LogP contribution in [0.3, 0.4) is 0 Å². The monoisotopic (exact) mass is 288 g/mol. The van der Waals surface area contributed by atoms with Crippen LogP contribution >= 0.6 is 0 Å². The fourth-order valence-corrected chi connectivity index (χ4v) is 3.53. The Morgan fingerprint density at radius 3 is 2.76 bits per heavy atom. The molecule has 21 heavy (non-hydrogen) atoms. The van der Waals surface area contributed by atoms with Crippen LogP contribution in [-0.4, -0.2) is 29.1 Å². The summed E-state index contributed by atoms with van der Waals surface area (Å²) in [6.07, 6.45) is 3.89. The summed E-state index contributed by atoms with van der Waals surface area (Å²) in [5.74, 6) is 0.305. The molecule has 3 rings (SSSR count). The van der Waals surface area contributed by atoms with Gasteiger partial charge in [0.1, 0.15) is 5.82 Å². The van der Waals surface area contributed by atoms with E-state index < -0.39 is 0 Å². The number of likely N-dealkylation sites (tertiary alicyclic amines) is 1. The highest BCUT2D eigenvalue weighted by Gasteiger charge is 2.22. The van der Waals surface area contributed by atoms with Gasteiger partial charge in [-0.25, -0.2) is 4.39 Å². The molecule has 1 aliphatic rings. The van der Waals surface area contributed by atoms with E-state index in [1.807, 2.05) is 6.07 Å². The highest BCUT2D eigenvalue weighted by Crippen LogP contribution is 2.28. The number of benzene rings is 1. The van der Waals surface area contributed by atoms with Gasteiger partial charge >= 0.3 is 0 Å². The Labute approximate surface area is 126 Å². The summed E-state index contributed by atoms with van der Waals surface area (Å²) in [4.78, 5) is 2.48. The summed E-state index contributed by atoms with van der Waals surface area (Å²) < 4.78 is 15.9. The van der Waals surface area contributed by atoms with Crippen molar-refractivity contribution < 1.29 is 4.39 Å². The minimum absolute atomic E-state index is 0.148. The van der Waals surface area contributed by atoms with Gasteiger partial charge in [-0.1, -0.05) is 20.3 Å². The standard InChI is InChI=1S/C18H25FN2/c1-13(2)18-11-14-10-15(19)7-8-17(14)21(18)12-16-6-4-5-9-20(16)3/h7-8,10-11,13,16H,4-6,9,12H2,1-3H3/t16-/m0/s1. The molecule has 1 aromatic carbocycles. The van der Waals surface area contributed by atoms with E-state index >= 15 is 0 Å². The molecule has 0 unspecified atom stereocenters. The van der Waals surface area contributed by atoms with Gasteiger partial charge in [0.15, 0.2) is 0 Å². The van der Waals surface area contributed by atoms with Crippen LogP contribution in [0.1, 0.15) is 44.7 Å². The second kappa shape index (κ2) is 5.80. The Morgan fingerprint density at radius 2 is 2.05 bits per heavy atom. The smallest absolute Gasteiger partial charge is 0.123 e. The molecule has 0 aliphatic carbocycles. The fourth-order valence-electron chi connectivity index (χ4n) is 3.53. The third-order valence-electron chi connectivity index (χ3n) is 4.80. The number of hydrogen-bond donors (Lipinski definition) is 0. The SMILES string of the molecule is CC(C)c1cc2cc(F)ccc2n1C[C@@H]1CCCCN1C. The van der Waals surface area contributed by atoms with Crippen molar-refractivity contribution in [2.24, 2.45) is 0 Å². The largest absolute Gasteiger partial charge is 0.343 e. The number of hydrogen-bond acceptors (Lipinski definition) is 1. The Hall–Kier alpha value is -1.35. The first-order valence-corrected chi connectivity index (χ1v) is 8.05. The highest BCUT2D eigenvalue weighted by atomic mass is 19.1. The number of piperidine rings is 1. The van der Waals surface area contributed by atoms with E-state index in [4.69, 9.17) is 0 Å². The normalized spacial score (nSPS) is 20.5. The maximum atomic E-state index is 13.5. The Bertz CT molecular complexity index is 629. The van der Waals surface area contributed by atoms with Gasteiger partial charge in [-0.3, -0.25) is 0 Å². The van der Waals surface area contributed by atoms with E-state index in [9.17, 15) is 4.39 Å². The molecule has 0 bridgehead atoms. The van der Waals surface area contributed by atoms with Crippen molar-refractivity contribution in [2.75, 3.05) is 13.6 Å². The van der Waals surface area contributed by atoms with E-state index in [-0.39, 0.29) is 5.82 Å². The van der Waals surface area contributed by atoms with Crippen LogP contribution in [0.4, 0.5) is 4.39 Å². The summed E-state index contributed by atoms with van der Waals surface area (Å²) >= 11 is 0. The van der Waals surface area contributed by atoms with Gasteiger partial charge in [0.2, 0.25) is 0 Å². The minimum atomic E-state index is -0.148. The molecular formula is C18H25FN2. The van der Waals surface area contributed by atoms with E-state index in [1.165, 1.54) is 37.0 Å². The maximum absolute atomic E-state index is 13.5. The summed E-state index contributed by atoms with van der Waals surface area (Å²) in [6, 6.07) is 7.91. The third-order valence-corrected chi connectivity index (χ3v) is 4.80. The van der Waals surface area contributed by atoms with Crippen LogP contribution in [0, 0.1) is 5.82 Å². The van der Waals surface area contributed by atoms with Crippen molar-refractivity contribution in [1.82, 2.24) is 9.47 Å². The predicted molar refractivity (Wildman–Crippen MR) is 86.3 cm³/mol. The Kier molecular flexibility index (Phi) is 4.03. The highest BCUT2D eigenvalue weighted by molar-refractivity contribution is 5.81. The van der Waals surface area contributed by atoms with Gasteiger partial charge in [0.05, 0.1) is 0 Å². The van der Waals surface area contributed by atoms with E-state index in [1.54, 1.807) is 12.1 Å². The van der Waals surface area contributed by atoms with Crippen LogP contribution in [0.2, 0.25) is 0 Å². The van der Waals surface area contributed by atoms with Gasteiger partial charge in [-0.05, 0) is 56.6 Å². The molecule has 2 heterocycles. The molecular weight excluding hydrogens is 263 g/mol. The van der Waals surface area contributed by atoms with Crippen LogP contribution in [0.15, 0.2) is 24.3 Å². The quantitative estimate of drug-likeness (QED) is 0.813.